The van der Waals surface area contributed by atoms with Crippen LogP contribution in [0, 0.1) is 0 Å². The molecule has 0 aliphatic rings. The van der Waals surface area contributed by atoms with Crippen molar-refractivity contribution in [2.75, 3.05) is 47.5 Å². The van der Waals surface area contributed by atoms with E-state index in [0.717, 1.165) is 109 Å². The molecule has 0 spiro atoms. The summed E-state index contributed by atoms with van der Waals surface area (Å²) in [7, 11) is 1.15. The maximum absolute atomic E-state index is 12.8. The maximum Gasteiger partial charge on any atom is 0.306 e. The van der Waals surface area contributed by atoms with Crippen molar-refractivity contribution < 1.29 is 42.1 Å². The van der Waals surface area contributed by atoms with Gasteiger partial charge in [0.25, 0.3) is 7.82 Å². The lowest BCUT2D eigenvalue weighted by molar-refractivity contribution is -0.870. The highest BCUT2D eigenvalue weighted by Crippen LogP contribution is 2.38. The Morgan fingerprint density at radius 3 is 1.03 bits per heavy atom. The lowest BCUT2D eigenvalue weighted by Crippen LogP contribution is -2.37. The molecule has 0 amide bonds. The molecule has 0 saturated heterocycles. The first-order valence-corrected chi connectivity index (χ1v) is 33.1. The number of unbranched alkanes of at least 4 members (excludes halogenated alkanes) is 25. The quantitative estimate of drug-likeness (QED) is 0.0195. The predicted molar refractivity (Wildman–Crippen MR) is 332 cm³/mol. The Hall–Kier alpha value is -3.33. The summed E-state index contributed by atoms with van der Waals surface area (Å²) in [6.45, 7) is 4.00. The van der Waals surface area contributed by atoms with Crippen LogP contribution in [0.2, 0.25) is 0 Å². The van der Waals surface area contributed by atoms with Gasteiger partial charge in [0.05, 0.1) is 27.7 Å². The molecular formula is C68H118NO8P. The van der Waals surface area contributed by atoms with E-state index < -0.39 is 26.5 Å². The Kier molecular flexibility index (Phi) is 55.8. The summed E-state index contributed by atoms with van der Waals surface area (Å²) in [6.07, 6.45) is 81.5. The van der Waals surface area contributed by atoms with Crippen LogP contribution in [-0.4, -0.2) is 70.0 Å². The molecular weight excluding hydrogens is 990 g/mol. The van der Waals surface area contributed by atoms with Crippen molar-refractivity contribution in [3.8, 4) is 0 Å². The number of rotatable bonds is 57. The van der Waals surface area contributed by atoms with E-state index in [9.17, 15) is 19.0 Å². The molecule has 9 nitrogen and oxygen atoms in total. The van der Waals surface area contributed by atoms with Gasteiger partial charge in [-0.05, 0) is 96.3 Å². The first kappa shape index (κ1) is 74.7. The molecule has 0 aromatic rings. The summed E-state index contributed by atoms with van der Waals surface area (Å²) < 4.78 is 34.2. The Labute approximate surface area is 480 Å². The van der Waals surface area contributed by atoms with Crippen LogP contribution in [0.1, 0.15) is 258 Å². The monoisotopic (exact) mass is 1110 g/mol. The van der Waals surface area contributed by atoms with Gasteiger partial charge in [0.2, 0.25) is 0 Å². The lowest BCUT2D eigenvalue weighted by atomic mass is 10.0. The Balaban J connectivity index is 4.08. The Morgan fingerprint density at radius 2 is 0.692 bits per heavy atom. The molecule has 10 heteroatoms. The van der Waals surface area contributed by atoms with Gasteiger partial charge in [-0.15, -0.1) is 0 Å². The molecule has 0 rings (SSSR count). The fourth-order valence-electron chi connectivity index (χ4n) is 8.50. The summed E-state index contributed by atoms with van der Waals surface area (Å²) in [5.74, 6) is -0.854. The van der Waals surface area contributed by atoms with Crippen LogP contribution in [0.4, 0.5) is 0 Å². The second-order valence-corrected chi connectivity index (χ2v) is 23.4. The Bertz CT molecular complexity index is 1680. The summed E-state index contributed by atoms with van der Waals surface area (Å²) in [6, 6.07) is 0. The number of likely N-dealkylation sites (N-methyl/N-ethyl adjacent to an activating group) is 1. The predicted octanol–water partition coefficient (Wildman–Crippen LogP) is 19.5. The normalized spacial score (nSPS) is 14.0. The molecule has 0 saturated carbocycles. The van der Waals surface area contributed by atoms with Crippen LogP contribution in [0.5, 0.6) is 0 Å². The van der Waals surface area contributed by atoms with E-state index in [-0.39, 0.29) is 32.0 Å². The van der Waals surface area contributed by atoms with Gasteiger partial charge in [-0.3, -0.25) is 14.2 Å². The highest BCUT2D eigenvalue weighted by molar-refractivity contribution is 7.45. The standard InChI is InChI=1S/C68H118NO8P/c1-6-8-10-12-14-16-18-20-22-24-26-28-29-30-31-32-33-34-35-36-37-38-39-41-42-44-46-48-50-52-54-56-58-60-67(70)74-64-66(65-76-78(72,73)75-63-62-69(3,4)5)77-68(71)61-59-57-55-53-51-49-47-45-43-40-27-25-23-21-19-17-15-13-11-9-7-2/h8-11,14-17,20-23,26-28,40,45,47,66H,6-7,12-13,18-19,24-25,29-39,41-44,46,48-65H2,1-5H3/b10-8-,11-9-,16-14-,17-15-,22-20-,23-21-,28-26-,40-27-,47-45-. The van der Waals surface area contributed by atoms with E-state index in [1.807, 2.05) is 21.1 Å². The molecule has 0 bridgehead atoms. The summed E-state index contributed by atoms with van der Waals surface area (Å²) in [5.41, 5.74) is 0. The van der Waals surface area contributed by atoms with Crippen LogP contribution >= 0.6 is 7.82 Å². The first-order valence-electron chi connectivity index (χ1n) is 31.6. The zero-order valence-electron chi connectivity index (χ0n) is 50.8. The number of hydrogen-bond donors (Lipinski definition) is 0. The highest BCUT2D eigenvalue weighted by Gasteiger charge is 2.22. The number of phosphoric acid groups is 1. The van der Waals surface area contributed by atoms with Gasteiger partial charge >= 0.3 is 11.9 Å². The molecule has 0 aromatic carbocycles. The second-order valence-electron chi connectivity index (χ2n) is 22.0. The van der Waals surface area contributed by atoms with Crippen molar-refractivity contribution in [2.45, 2.75) is 264 Å². The third-order valence-electron chi connectivity index (χ3n) is 13.3. The molecule has 0 heterocycles. The van der Waals surface area contributed by atoms with Crippen molar-refractivity contribution in [3.63, 3.8) is 0 Å². The molecule has 0 N–H and O–H groups in total. The van der Waals surface area contributed by atoms with Gasteiger partial charge in [-0.25, -0.2) is 0 Å². The van der Waals surface area contributed by atoms with Gasteiger partial charge in [0.1, 0.15) is 19.8 Å². The summed E-state index contributed by atoms with van der Waals surface area (Å²) in [4.78, 5) is 37.9. The number of quaternary nitrogens is 1. The van der Waals surface area contributed by atoms with Gasteiger partial charge in [-0.2, -0.15) is 0 Å². The Morgan fingerprint density at radius 1 is 0.397 bits per heavy atom. The van der Waals surface area contributed by atoms with Gasteiger partial charge in [-0.1, -0.05) is 258 Å². The topological polar surface area (TPSA) is 111 Å². The van der Waals surface area contributed by atoms with E-state index in [2.05, 4.69) is 123 Å². The maximum atomic E-state index is 12.8. The number of allylic oxidation sites excluding steroid dienone is 18. The minimum absolute atomic E-state index is 0.0389. The molecule has 2 unspecified atom stereocenters. The van der Waals surface area contributed by atoms with Gasteiger partial charge < -0.3 is 27.9 Å². The third-order valence-corrected chi connectivity index (χ3v) is 14.3. The smallest absolute Gasteiger partial charge is 0.306 e. The van der Waals surface area contributed by atoms with E-state index in [4.69, 9.17) is 18.5 Å². The lowest BCUT2D eigenvalue weighted by Gasteiger charge is -2.28. The van der Waals surface area contributed by atoms with E-state index in [1.54, 1.807) is 0 Å². The average molecular weight is 1110 g/mol. The molecule has 78 heavy (non-hydrogen) atoms. The molecule has 0 fully saturated rings. The van der Waals surface area contributed by atoms with E-state index in [0.29, 0.717) is 17.4 Å². The molecule has 0 aliphatic heterocycles. The van der Waals surface area contributed by atoms with Crippen LogP contribution in [0.3, 0.4) is 0 Å². The fourth-order valence-corrected chi connectivity index (χ4v) is 9.23. The zero-order chi connectivity index (χ0) is 57.0. The third kappa shape index (κ3) is 61.9. The summed E-state index contributed by atoms with van der Waals surface area (Å²) in [5, 5.41) is 0. The number of hydrogen-bond acceptors (Lipinski definition) is 8. The van der Waals surface area contributed by atoms with Crippen LogP contribution < -0.4 is 4.89 Å². The van der Waals surface area contributed by atoms with Crippen LogP contribution in [-0.2, 0) is 32.7 Å². The van der Waals surface area contributed by atoms with E-state index in [1.165, 1.54) is 116 Å². The SMILES string of the molecule is CC/C=C\C/C=C\C/C=C\C/C=C\C/C=C\CCCCCCCC(=O)OC(COC(=O)CCCCCCCCCCCCCCCCCCCCCC/C=C\C/C=C\C/C=C\C/C=C\CC)COP(=O)([O-])OCC[N+](C)(C)C. The highest BCUT2D eigenvalue weighted by atomic mass is 31.2. The zero-order valence-corrected chi connectivity index (χ0v) is 51.7. The second kappa shape index (κ2) is 58.3. The molecule has 0 radical (unpaired) electrons. The van der Waals surface area contributed by atoms with Crippen LogP contribution in [0.25, 0.3) is 0 Å². The minimum atomic E-state index is -4.65. The van der Waals surface area contributed by atoms with E-state index >= 15 is 0 Å². The fraction of sp³-hybridized carbons (Fsp3) is 0.706. The first-order chi connectivity index (χ1) is 38.0. The largest absolute Gasteiger partial charge is 0.756 e. The number of nitrogens with zero attached hydrogens (tertiary/aromatic N) is 1. The molecule has 0 aliphatic carbocycles. The number of carbonyl (C=O) groups is 2. The van der Waals surface area contributed by atoms with Crippen molar-refractivity contribution in [1.82, 2.24) is 0 Å². The van der Waals surface area contributed by atoms with Crippen molar-refractivity contribution in [2.24, 2.45) is 0 Å². The number of ether oxygens (including phenoxy) is 2. The number of phosphoric ester groups is 1. The number of carbonyl (C=O) groups excluding carboxylic acids is 2. The van der Waals surface area contributed by atoms with Gasteiger partial charge in [0.15, 0.2) is 6.10 Å². The van der Waals surface area contributed by atoms with Crippen molar-refractivity contribution >= 4 is 19.8 Å². The van der Waals surface area contributed by atoms with Gasteiger partial charge in [0, 0.05) is 12.8 Å². The summed E-state index contributed by atoms with van der Waals surface area (Å²) >= 11 is 0. The minimum Gasteiger partial charge on any atom is -0.756 e. The molecule has 448 valence electrons. The van der Waals surface area contributed by atoms with Crippen LogP contribution in [0.15, 0.2) is 109 Å². The molecule has 0 aromatic heterocycles. The van der Waals surface area contributed by atoms with Crippen molar-refractivity contribution in [1.29, 1.82) is 0 Å². The number of esters is 2. The van der Waals surface area contributed by atoms with Crippen molar-refractivity contribution in [3.05, 3.63) is 109 Å². The average Bonchev–Trinajstić information content (AvgIpc) is 3.41. The molecule has 2 atom stereocenters.